The molecule has 0 aliphatic carbocycles. The summed E-state index contributed by atoms with van der Waals surface area (Å²) >= 11 is 0. The minimum absolute atomic E-state index is 0.0684. The van der Waals surface area contributed by atoms with Crippen molar-refractivity contribution < 1.29 is 28.6 Å². The van der Waals surface area contributed by atoms with E-state index in [1.54, 1.807) is 0 Å². The van der Waals surface area contributed by atoms with Crippen LogP contribution in [-0.4, -0.2) is 37.2 Å². The third-order valence-electron chi connectivity index (χ3n) is 13.8. The molecule has 0 aromatic carbocycles. The molecule has 0 aliphatic heterocycles. The van der Waals surface area contributed by atoms with E-state index in [1.165, 1.54) is 238 Å². The SMILES string of the molecule is CCCCCCCC/C=C\CCCCCC(=O)OCC(COC(=O)CCCCCCCCCCCCCCCCCCCCC)OC(=O)CCCCCCCCCCCCCCCCCCC. The quantitative estimate of drug-likeness (QED) is 0.0262. The van der Waals surface area contributed by atoms with Gasteiger partial charge in [-0.3, -0.25) is 14.4 Å². The summed E-state index contributed by atoms with van der Waals surface area (Å²) in [6, 6.07) is 0. The number of hydrogen-bond acceptors (Lipinski definition) is 6. The Balaban J connectivity index is 4.29. The van der Waals surface area contributed by atoms with E-state index in [1.807, 2.05) is 0 Å². The van der Waals surface area contributed by atoms with Crippen LogP contribution in [0.2, 0.25) is 0 Å². The maximum atomic E-state index is 12.9. The molecule has 1 atom stereocenters. The lowest BCUT2D eigenvalue weighted by atomic mass is 10.0. The number of carbonyl (C=O) groups is 3. The number of carbonyl (C=O) groups excluding carboxylic acids is 3. The van der Waals surface area contributed by atoms with E-state index in [4.69, 9.17) is 14.2 Å². The van der Waals surface area contributed by atoms with Crippen LogP contribution in [0.3, 0.4) is 0 Å². The van der Waals surface area contributed by atoms with E-state index in [-0.39, 0.29) is 31.1 Å². The highest BCUT2D eigenvalue weighted by atomic mass is 16.6. The molecular weight excluding hydrogens is 829 g/mol. The number of ether oxygens (including phenoxy) is 3. The van der Waals surface area contributed by atoms with Crippen molar-refractivity contribution >= 4 is 17.9 Å². The molecular formula is C61H116O6. The molecule has 0 radical (unpaired) electrons. The van der Waals surface area contributed by atoms with Crippen LogP contribution in [0.15, 0.2) is 12.2 Å². The van der Waals surface area contributed by atoms with Crippen molar-refractivity contribution in [1.29, 1.82) is 0 Å². The van der Waals surface area contributed by atoms with Crippen LogP contribution >= 0.6 is 0 Å². The summed E-state index contributed by atoms with van der Waals surface area (Å²) in [7, 11) is 0. The van der Waals surface area contributed by atoms with Gasteiger partial charge in [0.25, 0.3) is 0 Å². The topological polar surface area (TPSA) is 78.9 Å². The van der Waals surface area contributed by atoms with Gasteiger partial charge in [0.05, 0.1) is 0 Å². The zero-order valence-electron chi connectivity index (χ0n) is 45.5. The first-order valence-corrected chi connectivity index (χ1v) is 30.2. The molecule has 0 saturated heterocycles. The van der Waals surface area contributed by atoms with E-state index in [0.29, 0.717) is 19.3 Å². The largest absolute Gasteiger partial charge is 0.462 e. The predicted molar refractivity (Wildman–Crippen MR) is 289 cm³/mol. The Kier molecular flexibility index (Phi) is 55.2. The van der Waals surface area contributed by atoms with E-state index in [9.17, 15) is 14.4 Å². The highest BCUT2D eigenvalue weighted by molar-refractivity contribution is 5.71. The summed E-state index contributed by atoms with van der Waals surface area (Å²) in [5.74, 6) is -0.858. The second kappa shape index (κ2) is 56.7. The van der Waals surface area contributed by atoms with Crippen LogP contribution in [0.25, 0.3) is 0 Å². The molecule has 0 heterocycles. The van der Waals surface area contributed by atoms with Crippen molar-refractivity contribution in [2.45, 2.75) is 348 Å². The average Bonchev–Trinajstić information content (AvgIpc) is 3.33. The zero-order valence-corrected chi connectivity index (χ0v) is 45.5. The van der Waals surface area contributed by atoms with E-state index >= 15 is 0 Å². The first-order valence-electron chi connectivity index (χ1n) is 30.2. The van der Waals surface area contributed by atoms with Gasteiger partial charge in [-0.1, -0.05) is 290 Å². The molecule has 0 aliphatic rings. The van der Waals surface area contributed by atoms with Gasteiger partial charge >= 0.3 is 17.9 Å². The molecule has 0 rings (SSSR count). The molecule has 6 heteroatoms. The van der Waals surface area contributed by atoms with Crippen molar-refractivity contribution in [3.8, 4) is 0 Å². The van der Waals surface area contributed by atoms with Crippen LogP contribution in [-0.2, 0) is 28.6 Å². The van der Waals surface area contributed by atoms with Crippen molar-refractivity contribution in [3.63, 3.8) is 0 Å². The van der Waals surface area contributed by atoms with Gasteiger partial charge in [-0.05, 0) is 44.9 Å². The lowest BCUT2D eigenvalue weighted by Gasteiger charge is -2.18. The molecule has 0 amide bonds. The van der Waals surface area contributed by atoms with Crippen LogP contribution in [0.4, 0.5) is 0 Å². The van der Waals surface area contributed by atoms with Crippen LogP contribution in [0.1, 0.15) is 342 Å². The lowest BCUT2D eigenvalue weighted by molar-refractivity contribution is -0.167. The smallest absolute Gasteiger partial charge is 0.306 e. The fourth-order valence-electron chi connectivity index (χ4n) is 9.21. The number of unbranched alkanes of at least 4 members (excludes halogenated alkanes) is 43. The van der Waals surface area contributed by atoms with E-state index in [2.05, 4.69) is 32.9 Å². The van der Waals surface area contributed by atoms with Crippen molar-refractivity contribution in [2.24, 2.45) is 0 Å². The highest BCUT2D eigenvalue weighted by Gasteiger charge is 2.19. The van der Waals surface area contributed by atoms with Crippen LogP contribution in [0, 0.1) is 0 Å². The second-order valence-electron chi connectivity index (χ2n) is 20.6. The van der Waals surface area contributed by atoms with Gasteiger partial charge in [-0.15, -0.1) is 0 Å². The van der Waals surface area contributed by atoms with Crippen molar-refractivity contribution in [2.75, 3.05) is 13.2 Å². The summed E-state index contributed by atoms with van der Waals surface area (Å²) in [5, 5.41) is 0. The lowest BCUT2D eigenvalue weighted by Crippen LogP contribution is -2.30. The molecule has 0 aromatic rings. The third kappa shape index (κ3) is 55.0. The molecule has 67 heavy (non-hydrogen) atoms. The molecule has 0 bridgehead atoms. The Morgan fingerprint density at radius 2 is 0.493 bits per heavy atom. The fraction of sp³-hybridized carbons (Fsp3) is 0.918. The normalized spacial score (nSPS) is 12.0. The summed E-state index contributed by atoms with van der Waals surface area (Å²) in [6.45, 7) is 6.69. The molecule has 0 saturated carbocycles. The summed E-state index contributed by atoms with van der Waals surface area (Å²) in [4.78, 5) is 38.2. The van der Waals surface area contributed by atoms with Crippen LogP contribution in [0.5, 0.6) is 0 Å². The highest BCUT2D eigenvalue weighted by Crippen LogP contribution is 2.18. The van der Waals surface area contributed by atoms with Crippen LogP contribution < -0.4 is 0 Å². The van der Waals surface area contributed by atoms with E-state index < -0.39 is 6.10 Å². The van der Waals surface area contributed by atoms with Gasteiger partial charge in [0.15, 0.2) is 6.10 Å². The Morgan fingerprint density at radius 1 is 0.284 bits per heavy atom. The summed E-state index contributed by atoms with van der Waals surface area (Å²) in [6.07, 6.45) is 64.9. The fourth-order valence-corrected chi connectivity index (χ4v) is 9.21. The Morgan fingerprint density at radius 3 is 0.761 bits per heavy atom. The molecule has 6 nitrogen and oxygen atoms in total. The maximum Gasteiger partial charge on any atom is 0.306 e. The van der Waals surface area contributed by atoms with E-state index in [0.717, 1.165) is 64.2 Å². The minimum Gasteiger partial charge on any atom is -0.462 e. The Hall–Kier alpha value is -1.85. The molecule has 0 N–H and O–H groups in total. The average molecular weight is 946 g/mol. The molecule has 1 unspecified atom stereocenters. The van der Waals surface area contributed by atoms with Gasteiger partial charge in [0.2, 0.25) is 0 Å². The van der Waals surface area contributed by atoms with Gasteiger partial charge in [0, 0.05) is 19.3 Å². The predicted octanol–water partition coefficient (Wildman–Crippen LogP) is 20.1. The number of hydrogen-bond donors (Lipinski definition) is 0. The first-order chi connectivity index (χ1) is 33.0. The number of rotatable bonds is 56. The molecule has 0 spiro atoms. The molecule has 396 valence electrons. The second-order valence-corrected chi connectivity index (χ2v) is 20.6. The summed E-state index contributed by atoms with van der Waals surface area (Å²) < 4.78 is 16.9. The van der Waals surface area contributed by atoms with Crippen molar-refractivity contribution in [3.05, 3.63) is 12.2 Å². The standard InChI is InChI=1S/C61H116O6/c1-4-7-10-13-16-19-22-25-27-29-30-32-33-36-39-42-45-48-51-54-60(63)66-57-58(56-65-59(62)53-50-47-44-41-38-35-24-21-18-15-12-9-6-3)67-61(64)55-52-49-46-43-40-37-34-31-28-26-23-20-17-14-11-8-5-2/h35,38,58H,4-34,36-37,39-57H2,1-3H3/b38-35-. The Labute approximate surface area is 418 Å². The molecule has 0 aromatic heterocycles. The minimum atomic E-state index is -0.770. The van der Waals surface area contributed by atoms with Crippen molar-refractivity contribution in [1.82, 2.24) is 0 Å². The van der Waals surface area contributed by atoms with Gasteiger partial charge in [0.1, 0.15) is 13.2 Å². The monoisotopic (exact) mass is 945 g/mol. The number of allylic oxidation sites excluding steroid dienone is 2. The first kappa shape index (κ1) is 65.1. The molecule has 0 fully saturated rings. The Bertz CT molecular complexity index is 1040. The zero-order chi connectivity index (χ0) is 48.6. The van der Waals surface area contributed by atoms with Gasteiger partial charge in [-0.2, -0.15) is 0 Å². The maximum absolute atomic E-state index is 12.9. The number of esters is 3. The summed E-state index contributed by atoms with van der Waals surface area (Å²) in [5.41, 5.74) is 0. The third-order valence-corrected chi connectivity index (χ3v) is 13.8. The van der Waals surface area contributed by atoms with Gasteiger partial charge < -0.3 is 14.2 Å². The van der Waals surface area contributed by atoms with Gasteiger partial charge in [-0.25, -0.2) is 0 Å².